The number of carbonyl (C=O) groups excluding carboxylic acids is 3. The molecule has 7 N–H and O–H groups in total. The summed E-state index contributed by atoms with van der Waals surface area (Å²) in [7, 11) is 0. The van der Waals surface area contributed by atoms with E-state index in [9.17, 15) is 24.3 Å². The zero-order chi connectivity index (χ0) is 19.7. The number of hydrogen-bond acceptors (Lipinski definition) is 5. The lowest BCUT2D eigenvalue weighted by Gasteiger charge is -2.23. The van der Waals surface area contributed by atoms with Crippen molar-refractivity contribution < 1.29 is 24.3 Å². The maximum atomic E-state index is 12.3. The predicted molar refractivity (Wildman–Crippen MR) is 92.2 cm³/mol. The molecule has 0 aliphatic carbocycles. The second-order valence-corrected chi connectivity index (χ2v) is 7.00. The van der Waals surface area contributed by atoms with Gasteiger partial charge in [0.25, 0.3) is 0 Å². The van der Waals surface area contributed by atoms with Crippen LogP contribution in [0, 0.1) is 11.8 Å². The minimum absolute atomic E-state index is 0.0324. The molecule has 0 fully saturated rings. The fraction of sp³-hybridized carbons (Fsp3) is 0.750. The smallest absolute Gasteiger partial charge is 0.326 e. The molecular weight excluding hydrogens is 328 g/mol. The highest BCUT2D eigenvalue weighted by molar-refractivity contribution is 5.94. The summed E-state index contributed by atoms with van der Waals surface area (Å²) >= 11 is 0. The van der Waals surface area contributed by atoms with E-state index in [0.29, 0.717) is 6.42 Å². The van der Waals surface area contributed by atoms with Crippen LogP contribution in [0.25, 0.3) is 0 Å². The molecule has 3 amide bonds. The molecule has 0 bridgehead atoms. The van der Waals surface area contributed by atoms with Gasteiger partial charge in [-0.05, 0) is 24.7 Å². The molecule has 0 radical (unpaired) electrons. The van der Waals surface area contributed by atoms with E-state index in [2.05, 4.69) is 10.6 Å². The number of carboxylic acid groups (broad SMARTS) is 1. The molecule has 0 aromatic rings. The van der Waals surface area contributed by atoms with Crippen molar-refractivity contribution in [2.75, 3.05) is 0 Å². The minimum Gasteiger partial charge on any atom is -0.480 e. The van der Waals surface area contributed by atoms with Gasteiger partial charge in [-0.1, -0.05) is 27.7 Å². The fourth-order valence-electron chi connectivity index (χ4n) is 2.27. The summed E-state index contributed by atoms with van der Waals surface area (Å²) in [6.45, 7) is 7.42. The molecule has 0 spiro atoms. The summed E-state index contributed by atoms with van der Waals surface area (Å²) < 4.78 is 0. The van der Waals surface area contributed by atoms with E-state index in [1.807, 2.05) is 27.7 Å². The largest absolute Gasteiger partial charge is 0.480 e. The van der Waals surface area contributed by atoms with Crippen molar-refractivity contribution in [3.8, 4) is 0 Å². The molecule has 25 heavy (non-hydrogen) atoms. The first-order valence-corrected chi connectivity index (χ1v) is 8.31. The molecule has 0 aromatic carbocycles. The van der Waals surface area contributed by atoms with Crippen LogP contribution in [-0.4, -0.2) is 46.9 Å². The lowest BCUT2D eigenvalue weighted by Crippen LogP contribution is -2.55. The molecule has 0 heterocycles. The van der Waals surface area contributed by atoms with Crippen LogP contribution in [0.15, 0.2) is 0 Å². The zero-order valence-corrected chi connectivity index (χ0v) is 15.2. The van der Waals surface area contributed by atoms with Gasteiger partial charge in [0.1, 0.15) is 12.1 Å². The lowest BCUT2D eigenvalue weighted by atomic mass is 10.0. The molecule has 9 nitrogen and oxygen atoms in total. The SMILES string of the molecule is CC(C)CC(N)C(=O)NC(CC(N)=O)C(=O)NC(CC(C)C)C(=O)O. The number of rotatable bonds is 11. The van der Waals surface area contributed by atoms with E-state index in [4.69, 9.17) is 11.5 Å². The standard InChI is InChI=1S/C16H30N4O5/c1-8(2)5-10(17)14(22)19-11(7-13(18)21)15(23)20-12(16(24)25)6-9(3)4/h8-12H,5-7,17H2,1-4H3,(H2,18,21)(H,19,22)(H,20,23)(H,24,25). The average Bonchev–Trinajstić information content (AvgIpc) is 2.43. The Kier molecular flexibility index (Phi) is 9.73. The summed E-state index contributed by atoms with van der Waals surface area (Å²) in [6, 6.07) is -3.23. The van der Waals surface area contributed by atoms with Crippen molar-refractivity contribution in [1.82, 2.24) is 10.6 Å². The number of nitrogens with one attached hydrogen (secondary N) is 2. The minimum atomic E-state index is -1.27. The fourth-order valence-corrected chi connectivity index (χ4v) is 2.27. The third kappa shape index (κ3) is 9.65. The molecule has 0 saturated heterocycles. The second kappa shape index (κ2) is 10.7. The summed E-state index contributed by atoms with van der Waals surface area (Å²) in [5.41, 5.74) is 10.9. The van der Waals surface area contributed by atoms with Crippen molar-refractivity contribution in [2.45, 2.75) is 65.1 Å². The Morgan fingerprint density at radius 2 is 1.36 bits per heavy atom. The molecule has 0 rings (SSSR count). The quantitative estimate of drug-likeness (QED) is 0.329. The molecule has 0 saturated carbocycles. The molecule has 3 atom stereocenters. The predicted octanol–water partition coefficient (Wildman–Crippen LogP) is -0.664. The van der Waals surface area contributed by atoms with Gasteiger partial charge in [-0.3, -0.25) is 14.4 Å². The molecule has 9 heteroatoms. The Bertz CT molecular complexity index is 493. The van der Waals surface area contributed by atoms with Gasteiger partial charge < -0.3 is 27.2 Å². The summed E-state index contributed by atoms with van der Waals surface area (Å²) in [5, 5.41) is 13.9. The lowest BCUT2D eigenvalue weighted by molar-refractivity contribution is -0.142. The van der Waals surface area contributed by atoms with Crippen molar-refractivity contribution >= 4 is 23.7 Å². The number of amides is 3. The number of hydrogen-bond donors (Lipinski definition) is 5. The topological polar surface area (TPSA) is 165 Å². The number of carboxylic acids is 1. The van der Waals surface area contributed by atoms with E-state index in [1.54, 1.807) is 0 Å². The molecule has 0 aromatic heterocycles. The number of primary amides is 1. The Morgan fingerprint density at radius 1 is 0.880 bits per heavy atom. The Morgan fingerprint density at radius 3 is 1.76 bits per heavy atom. The highest BCUT2D eigenvalue weighted by atomic mass is 16.4. The van der Waals surface area contributed by atoms with Crippen LogP contribution in [0.5, 0.6) is 0 Å². The Labute approximate surface area is 147 Å². The summed E-state index contributed by atoms with van der Waals surface area (Å²) in [5.74, 6) is -3.16. The van der Waals surface area contributed by atoms with Crippen LogP contribution in [0.3, 0.4) is 0 Å². The first-order chi connectivity index (χ1) is 11.4. The van der Waals surface area contributed by atoms with E-state index in [1.165, 1.54) is 0 Å². The highest BCUT2D eigenvalue weighted by Gasteiger charge is 2.29. The third-order valence-electron chi connectivity index (χ3n) is 3.42. The third-order valence-corrected chi connectivity index (χ3v) is 3.42. The summed E-state index contributed by atoms with van der Waals surface area (Å²) in [4.78, 5) is 46.8. The zero-order valence-electron chi connectivity index (χ0n) is 15.2. The van der Waals surface area contributed by atoms with E-state index in [0.717, 1.165) is 0 Å². The molecule has 0 aliphatic heterocycles. The van der Waals surface area contributed by atoms with Crippen LogP contribution >= 0.6 is 0 Å². The first kappa shape index (κ1) is 22.8. The highest BCUT2D eigenvalue weighted by Crippen LogP contribution is 2.07. The maximum absolute atomic E-state index is 12.3. The normalized spacial score (nSPS) is 14.7. The van der Waals surface area contributed by atoms with Crippen LogP contribution in [0.2, 0.25) is 0 Å². The number of carbonyl (C=O) groups is 4. The van der Waals surface area contributed by atoms with Gasteiger partial charge >= 0.3 is 5.97 Å². The van der Waals surface area contributed by atoms with Crippen LogP contribution in [0.1, 0.15) is 47.0 Å². The van der Waals surface area contributed by atoms with Gasteiger partial charge in [0.15, 0.2) is 0 Å². The molecule has 144 valence electrons. The van der Waals surface area contributed by atoms with Crippen LogP contribution < -0.4 is 22.1 Å². The van der Waals surface area contributed by atoms with E-state index < -0.39 is 48.2 Å². The Hall–Kier alpha value is -2.16. The van der Waals surface area contributed by atoms with Crippen molar-refractivity contribution in [3.05, 3.63) is 0 Å². The Balaban J connectivity index is 5.05. The van der Waals surface area contributed by atoms with Crippen molar-refractivity contribution in [1.29, 1.82) is 0 Å². The molecule has 3 unspecified atom stereocenters. The van der Waals surface area contributed by atoms with Gasteiger partial charge in [-0.25, -0.2) is 4.79 Å². The van der Waals surface area contributed by atoms with Crippen molar-refractivity contribution in [2.24, 2.45) is 23.3 Å². The van der Waals surface area contributed by atoms with Crippen LogP contribution in [-0.2, 0) is 19.2 Å². The molecule has 0 aliphatic rings. The number of aliphatic carboxylic acids is 1. The first-order valence-electron chi connectivity index (χ1n) is 8.31. The van der Waals surface area contributed by atoms with Gasteiger partial charge in [-0.15, -0.1) is 0 Å². The van der Waals surface area contributed by atoms with Crippen molar-refractivity contribution in [3.63, 3.8) is 0 Å². The van der Waals surface area contributed by atoms with Gasteiger partial charge in [0.2, 0.25) is 17.7 Å². The molecular formula is C16H30N4O5. The number of nitrogens with two attached hydrogens (primary N) is 2. The summed E-state index contributed by atoms with van der Waals surface area (Å²) in [6.07, 6.45) is 0.174. The monoisotopic (exact) mass is 358 g/mol. The van der Waals surface area contributed by atoms with Gasteiger partial charge in [-0.2, -0.15) is 0 Å². The van der Waals surface area contributed by atoms with Crippen LogP contribution in [0.4, 0.5) is 0 Å². The second-order valence-electron chi connectivity index (χ2n) is 7.00. The average molecular weight is 358 g/mol. The van der Waals surface area contributed by atoms with Gasteiger partial charge in [0, 0.05) is 0 Å². The van der Waals surface area contributed by atoms with Gasteiger partial charge in [0.05, 0.1) is 12.5 Å². The van der Waals surface area contributed by atoms with E-state index in [-0.39, 0.29) is 18.3 Å². The maximum Gasteiger partial charge on any atom is 0.326 e. The van der Waals surface area contributed by atoms with E-state index >= 15 is 0 Å².